The highest BCUT2D eigenvalue weighted by Crippen LogP contribution is 2.09. The SMILES string of the molecule is Cn1cnc(CNc2nccnc2N)n1. The van der Waals surface area contributed by atoms with Crippen molar-refractivity contribution in [3.05, 3.63) is 24.5 Å². The van der Waals surface area contributed by atoms with E-state index in [0.29, 0.717) is 24.0 Å². The Morgan fingerprint density at radius 2 is 2.13 bits per heavy atom. The summed E-state index contributed by atoms with van der Waals surface area (Å²) in [5, 5.41) is 7.12. The fourth-order valence-corrected chi connectivity index (χ4v) is 1.11. The minimum Gasteiger partial charge on any atom is -0.381 e. The van der Waals surface area contributed by atoms with Gasteiger partial charge < -0.3 is 11.1 Å². The predicted molar refractivity (Wildman–Crippen MR) is 54.8 cm³/mol. The monoisotopic (exact) mass is 205 g/mol. The molecule has 15 heavy (non-hydrogen) atoms. The fraction of sp³-hybridized carbons (Fsp3) is 0.250. The minimum absolute atomic E-state index is 0.369. The van der Waals surface area contributed by atoms with Crippen LogP contribution in [0.15, 0.2) is 18.7 Å². The van der Waals surface area contributed by atoms with Crippen LogP contribution in [0, 0.1) is 0 Å². The van der Waals surface area contributed by atoms with Gasteiger partial charge in [-0.25, -0.2) is 15.0 Å². The Kier molecular flexibility index (Phi) is 2.44. The van der Waals surface area contributed by atoms with E-state index in [-0.39, 0.29) is 0 Å². The Morgan fingerprint density at radius 1 is 1.33 bits per heavy atom. The number of hydrogen-bond donors (Lipinski definition) is 2. The van der Waals surface area contributed by atoms with E-state index in [1.807, 2.05) is 7.05 Å². The summed E-state index contributed by atoms with van der Waals surface area (Å²) >= 11 is 0. The van der Waals surface area contributed by atoms with Gasteiger partial charge in [0.2, 0.25) is 0 Å². The quantitative estimate of drug-likeness (QED) is 0.720. The third-order valence-electron chi connectivity index (χ3n) is 1.79. The van der Waals surface area contributed by atoms with E-state index in [9.17, 15) is 0 Å². The maximum atomic E-state index is 5.61. The first-order chi connectivity index (χ1) is 7.25. The van der Waals surface area contributed by atoms with Gasteiger partial charge in [0.05, 0.1) is 6.54 Å². The normalized spacial score (nSPS) is 10.2. The van der Waals surface area contributed by atoms with Gasteiger partial charge in [0.15, 0.2) is 17.5 Å². The maximum absolute atomic E-state index is 5.61. The van der Waals surface area contributed by atoms with Gasteiger partial charge in [-0.15, -0.1) is 0 Å². The van der Waals surface area contributed by atoms with Crippen LogP contribution in [0.2, 0.25) is 0 Å². The number of nitrogen functional groups attached to an aromatic ring is 1. The average Bonchev–Trinajstić information content (AvgIpc) is 2.63. The molecule has 0 bridgehead atoms. The van der Waals surface area contributed by atoms with Gasteiger partial charge in [-0.2, -0.15) is 5.10 Å². The van der Waals surface area contributed by atoms with E-state index in [1.54, 1.807) is 23.4 Å². The van der Waals surface area contributed by atoms with Crippen LogP contribution in [0.25, 0.3) is 0 Å². The number of aryl methyl sites for hydroxylation is 1. The zero-order chi connectivity index (χ0) is 10.7. The largest absolute Gasteiger partial charge is 0.381 e. The van der Waals surface area contributed by atoms with E-state index in [4.69, 9.17) is 5.73 Å². The van der Waals surface area contributed by atoms with Crippen molar-refractivity contribution in [1.82, 2.24) is 24.7 Å². The highest BCUT2D eigenvalue weighted by Gasteiger charge is 2.02. The van der Waals surface area contributed by atoms with Crippen molar-refractivity contribution in [3.63, 3.8) is 0 Å². The second kappa shape index (κ2) is 3.91. The van der Waals surface area contributed by atoms with Gasteiger partial charge in [0.1, 0.15) is 6.33 Å². The van der Waals surface area contributed by atoms with E-state index in [2.05, 4.69) is 25.4 Å². The van der Waals surface area contributed by atoms with Crippen LogP contribution in [0.3, 0.4) is 0 Å². The van der Waals surface area contributed by atoms with E-state index in [1.165, 1.54) is 0 Å². The Labute approximate surface area is 86.4 Å². The van der Waals surface area contributed by atoms with Crippen LogP contribution in [0.5, 0.6) is 0 Å². The van der Waals surface area contributed by atoms with Crippen LogP contribution >= 0.6 is 0 Å². The lowest BCUT2D eigenvalue weighted by Crippen LogP contribution is -2.07. The summed E-state index contributed by atoms with van der Waals surface area (Å²) in [7, 11) is 1.81. The molecule has 0 unspecified atom stereocenters. The lowest BCUT2D eigenvalue weighted by molar-refractivity contribution is 0.747. The first kappa shape index (κ1) is 9.38. The van der Waals surface area contributed by atoms with E-state index >= 15 is 0 Å². The summed E-state index contributed by atoms with van der Waals surface area (Å²) in [5.74, 6) is 1.60. The number of rotatable bonds is 3. The van der Waals surface area contributed by atoms with Crippen LogP contribution < -0.4 is 11.1 Å². The number of aromatic nitrogens is 5. The van der Waals surface area contributed by atoms with Gasteiger partial charge in [0.25, 0.3) is 0 Å². The zero-order valence-corrected chi connectivity index (χ0v) is 8.25. The molecule has 0 aliphatic rings. The molecule has 2 aromatic rings. The Bertz CT molecular complexity index is 450. The van der Waals surface area contributed by atoms with Crippen molar-refractivity contribution in [2.24, 2.45) is 7.05 Å². The summed E-state index contributed by atoms with van der Waals surface area (Å²) in [4.78, 5) is 12.0. The predicted octanol–water partition coefficient (Wildman–Crippen LogP) is -0.201. The topological polar surface area (TPSA) is 94.5 Å². The van der Waals surface area contributed by atoms with Crippen LogP contribution in [0.1, 0.15) is 5.82 Å². The smallest absolute Gasteiger partial charge is 0.169 e. The molecule has 0 fully saturated rings. The van der Waals surface area contributed by atoms with Gasteiger partial charge in [-0.1, -0.05) is 0 Å². The molecule has 0 aromatic carbocycles. The van der Waals surface area contributed by atoms with Crippen molar-refractivity contribution in [1.29, 1.82) is 0 Å². The van der Waals surface area contributed by atoms with Gasteiger partial charge in [-0.3, -0.25) is 4.68 Å². The number of anilines is 2. The van der Waals surface area contributed by atoms with Crippen molar-refractivity contribution in [2.75, 3.05) is 11.1 Å². The summed E-state index contributed by atoms with van der Waals surface area (Å²) in [6.07, 6.45) is 4.75. The molecule has 0 amide bonds. The molecule has 2 aromatic heterocycles. The van der Waals surface area contributed by atoms with Crippen molar-refractivity contribution in [3.8, 4) is 0 Å². The third kappa shape index (κ3) is 2.19. The molecule has 7 heteroatoms. The molecule has 2 heterocycles. The Balaban J connectivity index is 2.02. The molecule has 0 saturated carbocycles. The van der Waals surface area contributed by atoms with Crippen molar-refractivity contribution in [2.45, 2.75) is 6.54 Å². The summed E-state index contributed by atoms with van der Waals surface area (Å²) in [5.41, 5.74) is 5.61. The fourth-order valence-electron chi connectivity index (χ4n) is 1.11. The van der Waals surface area contributed by atoms with Gasteiger partial charge in [-0.05, 0) is 0 Å². The number of hydrogen-bond acceptors (Lipinski definition) is 6. The molecule has 0 aliphatic heterocycles. The molecule has 78 valence electrons. The summed E-state index contributed by atoms with van der Waals surface area (Å²) < 4.78 is 1.64. The Hall–Kier alpha value is -2.18. The van der Waals surface area contributed by atoms with Crippen LogP contribution in [0.4, 0.5) is 11.6 Å². The summed E-state index contributed by atoms with van der Waals surface area (Å²) in [6.45, 7) is 0.476. The second-order valence-electron chi connectivity index (χ2n) is 2.98. The van der Waals surface area contributed by atoms with Crippen molar-refractivity contribution < 1.29 is 0 Å². The third-order valence-corrected chi connectivity index (χ3v) is 1.79. The van der Waals surface area contributed by atoms with Gasteiger partial charge >= 0.3 is 0 Å². The molecule has 7 nitrogen and oxygen atoms in total. The molecule has 0 saturated heterocycles. The molecule has 0 radical (unpaired) electrons. The van der Waals surface area contributed by atoms with E-state index < -0.39 is 0 Å². The van der Waals surface area contributed by atoms with Crippen LogP contribution in [-0.4, -0.2) is 24.7 Å². The first-order valence-corrected chi connectivity index (χ1v) is 4.40. The van der Waals surface area contributed by atoms with Gasteiger partial charge in [0, 0.05) is 19.4 Å². The number of nitrogens with one attached hydrogen (secondary N) is 1. The number of nitrogens with two attached hydrogens (primary N) is 1. The highest BCUT2D eigenvalue weighted by atomic mass is 15.3. The molecule has 0 spiro atoms. The first-order valence-electron chi connectivity index (χ1n) is 4.40. The average molecular weight is 205 g/mol. The Morgan fingerprint density at radius 3 is 2.80 bits per heavy atom. The molecule has 3 N–H and O–H groups in total. The lowest BCUT2D eigenvalue weighted by Gasteiger charge is -2.03. The van der Waals surface area contributed by atoms with E-state index in [0.717, 1.165) is 0 Å². The second-order valence-corrected chi connectivity index (χ2v) is 2.98. The maximum Gasteiger partial charge on any atom is 0.169 e. The standard InChI is InChI=1S/C8H11N7/c1-15-5-13-6(14-15)4-12-8-7(9)10-2-3-11-8/h2-3,5H,4H2,1H3,(H2,9,10)(H,11,12). The summed E-state index contributed by atoms with van der Waals surface area (Å²) in [6, 6.07) is 0. The van der Waals surface area contributed by atoms with Crippen LogP contribution in [-0.2, 0) is 13.6 Å². The number of nitrogens with zero attached hydrogens (tertiary/aromatic N) is 5. The molecule has 2 rings (SSSR count). The lowest BCUT2D eigenvalue weighted by atomic mass is 10.5. The zero-order valence-electron chi connectivity index (χ0n) is 8.25. The molecular formula is C8H11N7. The van der Waals surface area contributed by atoms with Crippen molar-refractivity contribution >= 4 is 11.6 Å². The molecule has 0 aliphatic carbocycles. The molecular weight excluding hydrogens is 194 g/mol. The molecule has 0 atom stereocenters. The minimum atomic E-state index is 0.369. The highest BCUT2D eigenvalue weighted by molar-refractivity contribution is 5.54.